The van der Waals surface area contributed by atoms with Crippen molar-refractivity contribution in [3.63, 3.8) is 0 Å². The molecule has 1 aliphatic heterocycles. The first-order chi connectivity index (χ1) is 14.5. The van der Waals surface area contributed by atoms with E-state index in [2.05, 4.69) is 16.8 Å². The Hall–Kier alpha value is -2.90. The maximum atomic E-state index is 13.8. The van der Waals surface area contributed by atoms with Crippen molar-refractivity contribution in [3.8, 4) is 0 Å². The third-order valence-corrected chi connectivity index (χ3v) is 7.75. The highest BCUT2D eigenvalue weighted by molar-refractivity contribution is 7.90. The van der Waals surface area contributed by atoms with Crippen LogP contribution < -0.4 is 4.90 Å². The molecule has 4 aromatic rings. The van der Waals surface area contributed by atoms with Crippen LogP contribution in [-0.2, 0) is 10.0 Å². The molecule has 1 fully saturated rings. The van der Waals surface area contributed by atoms with Crippen LogP contribution in [0.4, 0.5) is 5.69 Å². The van der Waals surface area contributed by atoms with Crippen molar-refractivity contribution in [2.24, 2.45) is 0 Å². The molecule has 7 heteroatoms. The molecule has 3 aromatic carbocycles. The van der Waals surface area contributed by atoms with E-state index in [0.29, 0.717) is 16.2 Å². The lowest BCUT2D eigenvalue weighted by atomic mass is 10.1. The number of likely N-dealkylation sites (N-methyl/N-ethyl adjacent to an activating group) is 1. The van der Waals surface area contributed by atoms with E-state index in [-0.39, 0.29) is 0 Å². The second-order valence-electron chi connectivity index (χ2n) is 7.84. The summed E-state index contributed by atoms with van der Waals surface area (Å²) in [5.74, 6) is 0.472. The number of anilines is 1. The number of benzene rings is 3. The summed E-state index contributed by atoms with van der Waals surface area (Å²) in [6, 6.07) is 18.8. The number of rotatable bonds is 3. The lowest BCUT2D eigenvalue weighted by Gasteiger charge is -2.34. The maximum absolute atomic E-state index is 13.8. The molecule has 0 aliphatic carbocycles. The topological polar surface area (TPSA) is 58.4 Å². The van der Waals surface area contributed by atoms with Crippen LogP contribution in [0.3, 0.4) is 0 Å². The Morgan fingerprint density at radius 2 is 1.57 bits per heavy atom. The number of piperazine rings is 1. The van der Waals surface area contributed by atoms with E-state index in [9.17, 15) is 8.42 Å². The third-order valence-electron chi connectivity index (χ3n) is 5.89. The molecule has 0 unspecified atom stereocenters. The van der Waals surface area contributed by atoms with E-state index >= 15 is 0 Å². The van der Waals surface area contributed by atoms with E-state index in [1.807, 2.05) is 48.5 Å². The van der Waals surface area contributed by atoms with Gasteiger partial charge in [-0.05, 0) is 37.6 Å². The predicted molar refractivity (Wildman–Crippen MR) is 121 cm³/mol. The van der Waals surface area contributed by atoms with Crippen LogP contribution in [-0.4, -0.2) is 55.5 Å². The van der Waals surface area contributed by atoms with Crippen molar-refractivity contribution in [1.82, 2.24) is 13.9 Å². The summed E-state index contributed by atoms with van der Waals surface area (Å²) in [5, 5.41) is 1.62. The second-order valence-corrected chi connectivity index (χ2v) is 9.60. The third kappa shape index (κ3) is 2.97. The van der Waals surface area contributed by atoms with E-state index < -0.39 is 10.0 Å². The van der Waals surface area contributed by atoms with Gasteiger partial charge in [0, 0.05) is 31.6 Å². The molecule has 0 radical (unpaired) electrons. The Bertz CT molecular complexity index is 1350. The molecule has 0 saturated carbocycles. The Kier molecular flexibility index (Phi) is 4.52. The van der Waals surface area contributed by atoms with Gasteiger partial charge in [-0.15, -0.1) is 0 Å². The van der Waals surface area contributed by atoms with Gasteiger partial charge in [-0.1, -0.05) is 42.5 Å². The second kappa shape index (κ2) is 7.11. The molecule has 0 N–H and O–H groups in total. The van der Waals surface area contributed by atoms with E-state index in [1.165, 1.54) is 3.97 Å². The van der Waals surface area contributed by atoms with Crippen LogP contribution in [0.25, 0.3) is 21.8 Å². The average molecular weight is 421 g/mol. The minimum absolute atomic E-state index is 0.299. The SMILES string of the molecule is Cc1nc2c(N3CCN(C)CC3)cccc2n1S(=O)(=O)c1cccc2ccccc12. The molecule has 154 valence electrons. The Balaban J connectivity index is 1.69. The van der Waals surface area contributed by atoms with Gasteiger partial charge in [0.1, 0.15) is 11.3 Å². The zero-order chi connectivity index (χ0) is 20.9. The standard InChI is InChI=1S/C23H24N4O2S/c1-17-24-23-20(26-15-13-25(2)14-16-26)10-6-11-21(23)27(17)30(28,29)22-12-5-8-18-7-3-4-9-19(18)22/h3-12H,13-16H2,1-2H3. The molecule has 0 amide bonds. The van der Waals surface area contributed by atoms with Gasteiger partial charge in [0.05, 0.1) is 16.1 Å². The van der Waals surface area contributed by atoms with E-state index in [0.717, 1.165) is 48.2 Å². The van der Waals surface area contributed by atoms with Crippen LogP contribution in [0.15, 0.2) is 65.6 Å². The Labute approximate surface area is 176 Å². The van der Waals surface area contributed by atoms with Gasteiger partial charge in [0.2, 0.25) is 0 Å². The summed E-state index contributed by atoms with van der Waals surface area (Å²) in [6.07, 6.45) is 0. The summed E-state index contributed by atoms with van der Waals surface area (Å²) in [6.45, 7) is 5.51. The van der Waals surface area contributed by atoms with Crippen molar-refractivity contribution in [3.05, 3.63) is 66.5 Å². The maximum Gasteiger partial charge on any atom is 0.270 e. The van der Waals surface area contributed by atoms with Gasteiger partial charge in [0.25, 0.3) is 10.0 Å². The Morgan fingerprint density at radius 3 is 2.37 bits per heavy atom. The molecule has 0 atom stereocenters. The minimum atomic E-state index is -3.81. The largest absolute Gasteiger partial charge is 0.367 e. The van der Waals surface area contributed by atoms with Gasteiger partial charge in [-0.25, -0.2) is 17.4 Å². The molecular formula is C23H24N4O2S. The van der Waals surface area contributed by atoms with Crippen molar-refractivity contribution >= 4 is 37.5 Å². The number of nitrogens with zero attached hydrogens (tertiary/aromatic N) is 4. The van der Waals surface area contributed by atoms with Gasteiger partial charge >= 0.3 is 0 Å². The van der Waals surface area contributed by atoms with Crippen molar-refractivity contribution in [2.75, 3.05) is 38.1 Å². The van der Waals surface area contributed by atoms with Crippen LogP contribution >= 0.6 is 0 Å². The molecule has 1 aliphatic rings. The molecule has 6 nitrogen and oxygen atoms in total. The number of fused-ring (bicyclic) bond motifs is 2. The van der Waals surface area contributed by atoms with Gasteiger partial charge < -0.3 is 9.80 Å². The molecule has 1 aromatic heterocycles. The number of imidazole rings is 1. The predicted octanol–water partition coefficient (Wildman–Crippen LogP) is 3.49. The van der Waals surface area contributed by atoms with Crippen molar-refractivity contribution < 1.29 is 8.42 Å². The van der Waals surface area contributed by atoms with Crippen LogP contribution in [0.5, 0.6) is 0 Å². The highest BCUT2D eigenvalue weighted by atomic mass is 32.2. The molecule has 30 heavy (non-hydrogen) atoms. The average Bonchev–Trinajstić information content (AvgIpc) is 3.10. The lowest BCUT2D eigenvalue weighted by Crippen LogP contribution is -2.44. The number of hydrogen-bond donors (Lipinski definition) is 0. The molecular weight excluding hydrogens is 396 g/mol. The quantitative estimate of drug-likeness (QED) is 0.508. The van der Waals surface area contributed by atoms with Crippen molar-refractivity contribution in [1.29, 1.82) is 0 Å². The molecule has 1 saturated heterocycles. The van der Waals surface area contributed by atoms with Gasteiger partial charge in [0.15, 0.2) is 0 Å². The van der Waals surface area contributed by atoms with Crippen molar-refractivity contribution in [2.45, 2.75) is 11.8 Å². The number of para-hydroxylation sites is 1. The summed E-state index contributed by atoms with van der Waals surface area (Å²) in [4.78, 5) is 9.60. The summed E-state index contributed by atoms with van der Waals surface area (Å²) in [7, 11) is -1.69. The number of aromatic nitrogens is 2. The molecule has 5 rings (SSSR count). The van der Waals surface area contributed by atoms with Crippen LogP contribution in [0.2, 0.25) is 0 Å². The first kappa shape index (κ1) is 19.1. The fourth-order valence-corrected chi connectivity index (χ4v) is 6.01. The fourth-order valence-electron chi connectivity index (χ4n) is 4.30. The monoisotopic (exact) mass is 420 g/mol. The van der Waals surface area contributed by atoms with Gasteiger partial charge in [-0.3, -0.25) is 0 Å². The molecule has 0 bridgehead atoms. The molecule has 2 heterocycles. The Morgan fingerprint density at radius 1 is 0.867 bits per heavy atom. The van der Waals surface area contributed by atoms with Crippen LogP contribution in [0.1, 0.15) is 5.82 Å². The first-order valence-electron chi connectivity index (χ1n) is 10.1. The zero-order valence-electron chi connectivity index (χ0n) is 17.1. The van der Waals surface area contributed by atoms with E-state index in [1.54, 1.807) is 19.1 Å². The van der Waals surface area contributed by atoms with Crippen LogP contribution in [0, 0.1) is 6.92 Å². The minimum Gasteiger partial charge on any atom is -0.367 e. The number of aryl methyl sites for hydroxylation is 1. The fraction of sp³-hybridized carbons (Fsp3) is 0.261. The van der Waals surface area contributed by atoms with E-state index in [4.69, 9.17) is 4.98 Å². The lowest BCUT2D eigenvalue weighted by molar-refractivity contribution is 0.313. The summed E-state index contributed by atoms with van der Waals surface area (Å²) in [5.41, 5.74) is 2.36. The smallest absolute Gasteiger partial charge is 0.270 e. The summed E-state index contributed by atoms with van der Waals surface area (Å²) >= 11 is 0. The first-order valence-corrected chi connectivity index (χ1v) is 11.6. The molecule has 0 spiro atoms. The highest BCUT2D eigenvalue weighted by Crippen LogP contribution is 2.32. The number of hydrogen-bond acceptors (Lipinski definition) is 5. The highest BCUT2D eigenvalue weighted by Gasteiger charge is 2.26. The zero-order valence-corrected chi connectivity index (χ0v) is 17.9. The summed E-state index contributed by atoms with van der Waals surface area (Å²) < 4.78 is 28.9. The normalized spacial score (nSPS) is 15.9. The van der Waals surface area contributed by atoms with Gasteiger partial charge in [-0.2, -0.15) is 0 Å².